The van der Waals surface area contributed by atoms with E-state index in [4.69, 9.17) is 0 Å². The summed E-state index contributed by atoms with van der Waals surface area (Å²) in [6.07, 6.45) is 4.15. The van der Waals surface area contributed by atoms with Crippen molar-refractivity contribution >= 4 is 11.3 Å². The third kappa shape index (κ3) is 5.08. The summed E-state index contributed by atoms with van der Waals surface area (Å²) in [5, 5.41) is 8.19. The van der Waals surface area contributed by atoms with E-state index in [1.807, 2.05) is 0 Å². The lowest BCUT2D eigenvalue weighted by Crippen LogP contribution is -2.45. The molecule has 2 nitrogen and oxygen atoms in total. The average molecular weight is 309 g/mol. The molecule has 0 aliphatic heterocycles. The number of hydrogen-bond donors (Lipinski definition) is 1. The van der Waals surface area contributed by atoms with Crippen molar-refractivity contribution in [1.29, 1.82) is 0 Å². The Labute approximate surface area is 134 Å². The Morgan fingerprint density at radius 3 is 2.81 bits per heavy atom. The van der Waals surface area contributed by atoms with Crippen molar-refractivity contribution in [3.05, 3.63) is 22.4 Å². The Morgan fingerprint density at radius 2 is 2.19 bits per heavy atom. The van der Waals surface area contributed by atoms with Crippen molar-refractivity contribution < 1.29 is 0 Å². The van der Waals surface area contributed by atoms with Gasteiger partial charge in [0.1, 0.15) is 0 Å². The molecular formula is C18H32N2S. The summed E-state index contributed by atoms with van der Waals surface area (Å²) in [5.41, 5.74) is 1.46. The first kappa shape index (κ1) is 17.0. The van der Waals surface area contributed by atoms with E-state index in [1.165, 1.54) is 31.4 Å². The van der Waals surface area contributed by atoms with Crippen molar-refractivity contribution in [3.63, 3.8) is 0 Å². The minimum absolute atomic E-state index is 0.718. The largest absolute Gasteiger partial charge is 0.314 e. The molecule has 1 heterocycles. The van der Waals surface area contributed by atoms with Crippen LogP contribution in [0.5, 0.6) is 0 Å². The molecule has 0 bridgehead atoms. The molecular weight excluding hydrogens is 276 g/mol. The highest BCUT2D eigenvalue weighted by Gasteiger charge is 2.31. The van der Waals surface area contributed by atoms with Crippen LogP contribution in [0, 0.1) is 17.8 Å². The van der Waals surface area contributed by atoms with Gasteiger partial charge in [0.05, 0.1) is 0 Å². The Balaban J connectivity index is 1.91. The minimum atomic E-state index is 0.718. The topological polar surface area (TPSA) is 15.3 Å². The first-order valence-corrected chi connectivity index (χ1v) is 9.47. The molecule has 21 heavy (non-hydrogen) atoms. The Bertz CT molecular complexity index is 388. The summed E-state index contributed by atoms with van der Waals surface area (Å²) >= 11 is 1.80. The van der Waals surface area contributed by atoms with E-state index in [0.29, 0.717) is 0 Å². The lowest BCUT2D eigenvalue weighted by Gasteiger charge is -2.40. The molecule has 3 unspecified atom stereocenters. The van der Waals surface area contributed by atoms with Crippen LogP contribution in [0.4, 0.5) is 0 Å². The highest BCUT2D eigenvalue weighted by atomic mass is 32.1. The van der Waals surface area contributed by atoms with Gasteiger partial charge in [0, 0.05) is 19.1 Å². The van der Waals surface area contributed by atoms with E-state index in [2.05, 4.69) is 54.9 Å². The van der Waals surface area contributed by atoms with Crippen LogP contribution in [0.1, 0.15) is 45.6 Å². The Morgan fingerprint density at radius 1 is 1.38 bits per heavy atom. The summed E-state index contributed by atoms with van der Waals surface area (Å²) in [6.45, 7) is 10.4. The van der Waals surface area contributed by atoms with E-state index in [1.54, 1.807) is 11.3 Å². The number of hydrogen-bond acceptors (Lipinski definition) is 3. The number of nitrogens with one attached hydrogen (secondary N) is 1. The Hall–Kier alpha value is -0.380. The maximum absolute atomic E-state index is 3.73. The fourth-order valence-electron chi connectivity index (χ4n) is 3.80. The Kier molecular flexibility index (Phi) is 6.72. The van der Waals surface area contributed by atoms with Crippen LogP contribution in [0.25, 0.3) is 0 Å². The second-order valence-corrected chi connectivity index (χ2v) is 7.85. The molecule has 3 heteroatoms. The molecule has 120 valence electrons. The standard InChI is InChI=1S/C18H32N2S/c1-5-19-18-7-6-16(14(2)3)10-17(18)12-20(4)11-15-8-9-21-13-15/h8-9,13-14,16-19H,5-7,10-12H2,1-4H3. The molecule has 0 aromatic carbocycles. The van der Waals surface area contributed by atoms with Crippen molar-refractivity contribution in [2.24, 2.45) is 17.8 Å². The van der Waals surface area contributed by atoms with Gasteiger partial charge in [-0.25, -0.2) is 0 Å². The van der Waals surface area contributed by atoms with Crippen LogP contribution in [0.2, 0.25) is 0 Å². The first-order valence-electron chi connectivity index (χ1n) is 8.53. The van der Waals surface area contributed by atoms with Gasteiger partial charge in [-0.1, -0.05) is 20.8 Å². The molecule has 1 aromatic rings. The third-order valence-corrected chi connectivity index (χ3v) is 5.74. The summed E-state index contributed by atoms with van der Waals surface area (Å²) in [4.78, 5) is 2.51. The van der Waals surface area contributed by atoms with Crippen LogP contribution in [0.3, 0.4) is 0 Å². The molecule has 0 amide bonds. The smallest absolute Gasteiger partial charge is 0.0239 e. The van der Waals surface area contributed by atoms with E-state index in [9.17, 15) is 0 Å². The SMILES string of the molecule is CCNC1CCC(C(C)C)CC1CN(C)Cc1ccsc1. The number of nitrogens with zero attached hydrogens (tertiary/aromatic N) is 1. The average Bonchev–Trinajstić information content (AvgIpc) is 2.93. The normalized spacial score (nSPS) is 26.7. The summed E-state index contributed by atoms with van der Waals surface area (Å²) in [5.74, 6) is 2.55. The highest BCUT2D eigenvalue weighted by Crippen LogP contribution is 2.34. The van der Waals surface area contributed by atoms with Gasteiger partial charge in [0.25, 0.3) is 0 Å². The van der Waals surface area contributed by atoms with Gasteiger partial charge >= 0.3 is 0 Å². The second kappa shape index (κ2) is 8.30. The summed E-state index contributed by atoms with van der Waals surface area (Å²) < 4.78 is 0. The maximum Gasteiger partial charge on any atom is 0.0239 e. The zero-order valence-electron chi connectivity index (χ0n) is 14.1. The van der Waals surface area contributed by atoms with Gasteiger partial charge in [-0.05, 0) is 73.0 Å². The predicted molar refractivity (Wildman–Crippen MR) is 93.8 cm³/mol. The van der Waals surface area contributed by atoms with Gasteiger partial charge in [0.15, 0.2) is 0 Å². The van der Waals surface area contributed by atoms with Gasteiger partial charge in [-0.3, -0.25) is 0 Å². The van der Waals surface area contributed by atoms with Gasteiger partial charge in [-0.15, -0.1) is 0 Å². The molecule has 0 radical (unpaired) electrons. The van der Waals surface area contributed by atoms with Crippen LogP contribution in [0.15, 0.2) is 16.8 Å². The summed E-state index contributed by atoms with van der Waals surface area (Å²) in [7, 11) is 2.28. The molecule has 1 aliphatic carbocycles. The number of thiophene rings is 1. The van der Waals surface area contributed by atoms with Gasteiger partial charge in [-0.2, -0.15) is 11.3 Å². The fourth-order valence-corrected chi connectivity index (χ4v) is 4.46. The van der Waals surface area contributed by atoms with Crippen molar-refractivity contribution in [2.45, 2.75) is 52.6 Å². The van der Waals surface area contributed by atoms with Gasteiger partial charge in [0.2, 0.25) is 0 Å². The van der Waals surface area contributed by atoms with E-state index in [0.717, 1.165) is 36.9 Å². The van der Waals surface area contributed by atoms with E-state index < -0.39 is 0 Å². The molecule has 1 saturated carbocycles. The molecule has 0 saturated heterocycles. The zero-order valence-corrected chi connectivity index (χ0v) is 15.0. The lowest BCUT2D eigenvalue weighted by molar-refractivity contribution is 0.131. The van der Waals surface area contributed by atoms with Crippen molar-refractivity contribution in [1.82, 2.24) is 10.2 Å². The maximum atomic E-state index is 3.73. The third-order valence-electron chi connectivity index (χ3n) is 5.01. The van der Waals surface area contributed by atoms with E-state index >= 15 is 0 Å². The minimum Gasteiger partial charge on any atom is -0.314 e. The molecule has 1 aliphatic rings. The quantitative estimate of drug-likeness (QED) is 0.811. The molecule has 1 aromatic heterocycles. The zero-order chi connectivity index (χ0) is 15.2. The monoisotopic (exact) mass is 308 g/mol. The van der Waals surface area contributed by atoms with Crippen LogP contribution in [-0.2, 0) is 6.54 Å². The fraction of sp³-hybridized carbons (Fsp3) is 0.778. The van der Waals surface area contributed by atoms with Crippen LogP contribution < -0.4 is 5.32 Å². The molecule has 0 spiro atoms. The predicted octanol–water partition coefficient (Wildman–Crippen LogP) is 4.23. The highest BCUT2D eigenvalue weighted by molar-refractivity contribution is 7.07. The van der Waals surface area contributed by atoms with E-state index in [-0.39, 0.29) is 0 Å². The molecule has 1 N–H and O–H groups in total. The van der Waals surface area contributed by atoms with Crippen molar-refractivity contribution in [3.8, 4) is 0 Å². The molecule has 2 rings (SSSR count). The van der Waals surface area contributed by atoms with Gasteiger partial charge < -0.3 is 10.2 Å². The van der Waals surface area contributed by atoms with Crippen molar-refractivity contribution in [2.75, 3.05) is 20.1 Å². The lowest BCUT2D eigenvalue weighted by atomic mass is 9.73. The molecule has 1 fully saturated rings. The second-order valence-electron chi connectivity index (χ2n) is 7.07. The van der Waals surface area contributed by atoms with Crippen LogP contribution >= 0.6 is 11.3 Å². The first-order chi connectivity index (χ1) is 10.1. The summed E-state index contributed by atoms with van der Waals surface area (Å²) in [6, 6.07) is 2.97. The molecule has 3 atom stereocenters. The van der Waals surface area contributed by atoms with Crippen LogP contribution in [-0.4, -0.2) is 31.1 Å². The number of rotatable bonds is 7.